The number of amides is 1. The van der Waals surface area contributed by atoms with E-state index in [1.165, 1.54) is 12.8 Å². The van der Waals surface area contributed by atoms with Gasteiger partial charge in [0.2, 0.25) is 5.91 Å². The zero-order chi connectivity index (χ0) is 20.6. The van der Waals surface area contributed by atoms with Gasteiger partial charge in [0.25, 0.3) is 0 Å². The third-order valence-corrected chi connectivity index (χ3v) is 7.18. The van der Waals surface area contributed by atoms with Crippen LogP contribution in [0, 0.1) is 5.92 Å². The molecule has 4 N–H and O–H groups in total. The zero-order valence-electron chi connectivity index (χ0n) is 16.1. The molecule has 1 saturated carbocycles. The van der Waals surface area contributed by atoms with Gasteiger partial charge in [0.15, 0.2) is 0 Å². The number of nitrogens with one attached hydrogen (secondary N) is 2. The summed E-state index contributed by atoms with van der Waals surface area (Å²) in [4.78, 5) is 30.9. The van der Waals surface area contributed by atoms with Crippen LogP contribution in [0.4, 0.5) is 8.78 Å². The Labute approximate surface area is 163 Å². The van der Waals surface area contributed by atoms with Crippen LogP contribution in [0.1, 0.15) is 39.0 Å². The molecule has 0 bridgehead atoms. The van der Waals surface area contributed by atoms with E-state index in [4.69, 9.17) is 14.5 Å². The number of hydrogen-bond donors (Lipinski definition) is 4. The lowest BCUT2D eigenvalue weighted by Crippen LogP contribution is -2.48. The minimum atomic E-state index is -5.59. The molecule has 28 heavy (non-hydrogen) atoms. The van der Waals surface area contributed by atoms with E-state index in [1.807, 2.05) is 10.2 Å². The SMILES string of the molecule is CC[C@@H]1C[C@H]1NC1COC2(CCN(CC(=O)NCC(F)(F)P(=O)(O)O)CC2)C1. The van der Waals surface area contributed by atoms with Gasteiger partial charge in [-0.1, -0.05) is 13.3 Å². The summed E-state index contributed by atoms with van der Waals surface area (Å²) in [5, 5.41) is 5.59. The van der Waals surface area contributed by atoms with Gasteiger partial charge >= 0.3 is 13.3 Å². The quantitative estimate of drug-likeness (QED) is 0.428. The van der Waals surface area contributed by atoms with Gasteiger partial charge in [-0.15, -0.1) is 0 Å². The molecular weight excluding hydrogens is 395 g/mol. The van der Waals surface area contributed by atoms with Crippen LogP contribution in [0.15, 0.2) is 0 Å². The van der Waals surface area contributed by atoms with E-state index in [9.17, 15) is 18.1 Å². The number of carbonyl (C=O) groups excluding carboxylic acids is 1. The Bertz CT molecular complexity index is 624. The highest BCUT2D eigenvalue weighted by molar-refractivity contribution is 7.53. The lowest BCUT2D eigenvalue weighted by molar-refractivity contribution is -0.124. The number of carbonyl (C=O) groups is 1. The van der Waals surface area contributed by atoms with Crippen LogP contribution in [0.25, 0.3) is 0 Å². The van der Waals surface area contributed by atoms with Crippen LogP contribution in [0.3, 0.4) is 0 Å². The van der Waals surface area contributed by atoms with Crippen LogP contribution in [-0.4, -0.2) is 76.7 Å². The molecule has 1 amide bonds. The monoisotopic (exact) mass is 425 g/mol. The fourth-order valence-corrected chi connectivity index (χ4v) is 4.48. The van der Waals surface area contributed by atoms with Gasteiger partial charge in [-0.25, -0.2) is 0 Å². The highest BCUT2D eigenvalue weighted by Crippen LogP contribution is 2.52. The molecule has 162 valence electrons. The zero-order valence-corrected chi connectivity index (χ0v) is 17.0. The molecule has 8 nitrogen and oxygen atoms in total. The van der Waals surface area contributed by atoms with E-state index >= 15 is 0 Å². The molecule has 0 aromatic heterocycles. The first-order chi connectivity index (χ1) is 13.0. The summed E-state index contributed by atoms with van der Waals surface area (Å²) in [6.45, 7) is 2.70. The maximum Gasteiger partial charge on any atom is 0.396 e. The average Bonchev–Trinajstić information content (AvgIpc) is 3.26. The standard InChI is InChI=1S/C17H30F2N3O5P/c1-2-12-7-14(12)21-13-8-16(27-10-13)3-5-22(6-4-16)9-15(23)20-11-17(18,19)28(24,25)26/h12-14,21H,2-11H2,1H3,(H,20,23)(H2,24,25,26)/t12-,13?,14-/m1/s1. The second kappa shape index (κ2) is 8.24. The maximum atomic E-state index is 13.2. The van der Waals surface area contributed by atoms with Crippen LogP contribution >= 0.6 is 7.60 Å². The first kappa shape index (κ1) is 22.1. The third kappa shape index (κ3) is 5.29. The van der Waals surface area contributed by atoms with Crippen LogP contribution < -0.4 is 10.6 Å². The lowest BCUT2D eigenvalue weighted by Gasteiger charge is -2.38. The first-order valence-corrected chi connectivity index (χ1v) is 11.5. The summed E-state index contributed by atoms with van der Waals surface area (Å²) in [7, 11) is -5.59. The number of rotatable bonds is 8. The molecule has 2 heterocycles. The predicted molar refractivity (Wildman–Crippen MR) is 98.1 cm³/mol. The highest BCUT2D eigenvalue weighted by atomic mass is 31.2. The lowest BCUT2D eigenvalue weighted by atomic mass is 9.87. The molecule has 11 heteroatoms. The Hall–Kier alpha value is -0.640. The van der Waals surface area contributed by atoms with Gasteiger partial charge < -0.3 is 25.2 Å². The number of alkyl halides is 2. The highest BCUT2D eigenvalue weighted by Gasteiger charge is 2.49. The molecule has 1 unspecified atom stereocenters. The van der Waals surface area contributed by atoms with Crippen LogP contribution in [-0.2, 0) is 14.1 Å². The van der Waals surface area contributed by atoms with Crippen molar-refractivity contribution in [3.63, 3.8) is 0 Å². The van der Waals surface area contributed by atoms with E-state index in [0.717, 1.165) is 25.2 Å². The largest absolute Gasteiger partial charge is 0.396 e. The van der Waals surface area contributed by atoms with Crippen molar-refractivity contribution in [2.75, 3.05) is 32.8 Å². The van der Waals surface area contributed by atoms with Crippen molar-refractivity contribution in [1.82, 2.24) is 15.5 Å². The molecule has 3 aliphatic rings. The van der Waals surface area contributed by atoms with E-state index in [-0.39, 0.29) is 12.1 Å². The number of likely N-dealkylation sites (tertiary alicyclic amines) is 1. The van der Waals surface area contributed by atoms with E-state index < -0.39 is 25.7 Å². The smallest absolute Gasteiger partial charge is 0.373 e. The summed E-state index contributed by atoms with van der Waals surface area (Å²) >= 11 is 0. The Morgan fingerprint density at radius 2 is 2.04 bits per heavy atom. The third-order valence-electron chi connectivity index (χ3n) is 6.16. The molecule has 0 aromatic carbocycles. The van der Waals surface area contributed by atoms with Crippen molar-refractivity contribution in [3.05, 3.63) is 0 Å². The molecule has 3 fully saturated rings. The molecule has 3 rings (SSSR count). The summed E-state index contributed by atoms with van der Waals surface area (Å²) in [5.41, 5.74) is -4.43. The number of halogens is 2. The molecule has 1 spiro atoms. The summed E-state index contributed by atoms with van der Waals surface area (Å²) < 4.78 is 43.3. The Balaban J connectivity index is 1.37. The van der Waals surface area contributed by atoms with E-state index in [2.05, 4.69) is 12.2 Å². The first-order valence-electron chi connectivity index (χ1n) is 9.86. The second-order valence-electron chi connectivity index (χ2n) is 8.33. The summed E-state index contributed by atoms with van der Waals surface area (Å²) in [5.74, 6) is 0.116. The second-order valence-corrected chi connectivity index (χ2v) is 10.1. The van der Waals surface area contributed by atoms with Crippen molar-refractivity contribution in [1.29, 1.82) is 0 Å². The molecular formula is C17H30F2N3O5P. The van der Waals surface area contributed by atoms with E-state index in [1.54, 1.807) is 0 Å². The maximum absolute atomic E-state index is 13.2. The van der Waals surface area contributed by atoms with E-state index in [0.29, 0.717) is 31.8 Å². The van der Waals surface area contributed by atoms with Crippen molar-refractivity contribution in [3.8, 4) is 0 Å². The van der Waals surface area contributed by atoms with Crippen LogP contribution in [0.2, 0.25) is 0 Å². The number of nitrogens with zero attached hydrogens (tertiary/aromatic N) is 1. The van der Waals surface area contributed by atoms with Crippen molar-refractivity contribution in [2.24, 2.45) is 5.92 Å². The Kier molecular flexibility index (Phi) is 6.49. The minimum Gasteiger partial charge on any atom is -0.373 e. The van der Waals surface area contributed by atoms with Gasteiger partial charge in [0.05, 0.1) is 25.3 Å². The fourth-order valence-electron chi connectivity index (χ4n) is 4.19. The molecule has 2 saturated heterocycles. The number of hydrogen-bond acceptors (Lipinski definition) is 5. The van der Waals surface area contributed by atoms with Gasteiger partial charge in [0.1, 0.15) is 0 Å². The predicted octanol–water partition coefficient (Wildman–Crippen LogP) is 0.885. The van der Waals surface area contributed by atoms with Crippen molar-refractivity contribution < 1.29 is 32.7 Å². The van der Waals surface area contributed by atoms with Gasteiger partial charge in [-0.05, 0) is 31.6 Å². The normalized spacial score (nSPS) is 30.5. The Morgan fingerprint density at radius 3 is 2.61 bits per heavy atom. The van der Waals surface area contributed by atoms with Gasteiger partial charge in [0, 0.05) is 25.2 Å². The topological polar surface area (TPSA) is 111 Å². The molecule has 3 atom stereocenters. The number of piperidine rings is 1. The van der Waals surface area contributed by atoms with Crippen LogP contribution in [0.5, 0.6) is 0 Å². The average molecular weight is 425 g/mol. The van der Waals surface area contributed by atoms with Gasteiger partial charge in [-0.2, -0.15) is 8.78 Å². The summed E-state index contributed by atoms with van der Waals surface area (Å²) in [6.07, 6.45) is 4.95. The minimum absolute atomic E-state index is 0.0742. The van der Waals surface area contributed by atoms with Gasteiger partial charge in [-0.3, -0.25) is 14.3 Å². The van der Waals surface area contributed by atoms with Crippen molar-refractivity contribution in [2.45, 2.75) is 62.4 Å². The molecule has 2 aliphatic heterocycles. The number of ether oxygens (including phenoxy) is 1. The fraction of sp³-hybridized carbons (Fsp3) is 0.941. The molecule has 0 aromatic rings. The Morgan fingerprint density at radius 1 is 1.36 bits per heavy atom. The molecule has 0 radical (unpaired) electrons. The molecule has 1 aliphatic carbocycles. The van der Waals surface area contributed by atoms with Crippen molar-refractivity contribution >= 4 is 13.5 Å². The summed E-state index contributed by atoms with van der Waals surface area (Å²) in [6, 6.07) is 0.982.